The zero-order valence-corrected chi connectivity index (χ0v) is 10.3. The smallest absolute Gasteiger partial charge is 0.266 e. The largest absolute Gasteiger partial charge is 0.366 e. The number of anilines is 1. The second-order valence-corrected chi connectivity index (χ2v) is 4.03. The molecule has 3 aromatic rings. The SMILES string of the molecule is Nc1nnc(-c2c[nH]c(=O)cn2)c(-c2ccccc2)n1. The first-order chi connectivity index (χ1) is 9.74. The molecule has 0 aliphatic carbocycles. The van der Waals surface area contributed by atoms with Gasteiger partial charge in [-0.05, 0) is 0 Å². The van der Waals surface area contributed by atoms with Crippen LogP contribution in [0.25, 0.3) is 22.6 Å². The van der Waals surface area contributed by atoms with Gasteiger partial charge in [0.15, 0.2) is 0 Å². The summed E-state index contributed by atoms with van der Waals surface area (Å²) in [6.45, 7) is 0. The third-order valence-electron chi connectivity index (χ3n) is 2.66. The normalized spacial score (nSPS) is 10.4. The fourth-order valence-corrected chi connectivity index (χ4v) is 1.78. The van der Waals surface area contributed by atoms with Gasteiger partial charge in [0.2, 0.25) is 5.95 Å². The highest BCUT2D eigenvalue weighted by Crippen LogP contribution is 2.26. The summed E-state index contributed by atoms with van der Waals surface area (Å²) >= 11 is 0. The lowest BCUT2D eigenvalue weighted by atomic mass is 10.1. The summed E-state index contributed by atoms with van der Waals surface area (Å²) in [4.78, 5) is 21.9. The van der Waals surface area contributed by atoms with Gasteiger partial charge < -0.3 is 10.7 Å². The van der Waals surface area contributed by atoms with E-state index in [2.05, 4.69) is 25.1 Å². The lowest BCUT2D eigenvalue weighted by molar-refractivity contribution is 0.984. The van der Waals surface area contributed by atoms with E-state index < -0.39 is 0 Å². The summed E-state index contributed by atoms with van der Waals surface area (Å²) < 4.78 is 0. The lowest BCUT2D eigenvalue weighted by Crippen LogP contribution is -2.07. The molecule has 1 aromatic carbocycles. The maximum Gasteiger partial charge on any atom is 0.266 e. The number of nitrogens with zero attached hydrogens (tertiary/aromatic N) is 4. The van der Waals surface area contributed by atoms with E-state index in [0.29, 0.717) is 17.1 Å². The number of hydrogen-bond acceptors (Lipinski definition) is 6. The average Bonchev–Trinajstić information content (AvgIpc) is 2.49. The molecule has 0 amide bonds. The molecule has 20 heavy (non-hydrogen) atoms. The number of aromatic nitrogens is 5. The second kappa shape index (κ2) is 4.88. The van der Waals surface area contributed by atoms with Gasteiger partial charge in [-0.1, -0.05) is 30.3 Å². The van der Waals surface area contributed by atoms with Crippen LogP contribution in [0.3, 0.4) is 0 Å². The third-order valence-corrected chi connectivity index (χ3v) is 2.66. The Kier molecular flexibility index (Phi) is 2.92. The van der Waals surface area contributed by atoms with E-state index in [9.17, 15) is 4.79 Å². The number of hydrogen-bond donors (Lipinski definition) is 2. The molecule has 0 aliphatic heterocycles. The maximum absolute atomic E-state index is 11.1. The monoisotopic (exact) mass is 266 g/mol. The molecule has 0 unspecified atom stereocenters. The predicted molar refractivity (Wildman–Crippen MR) is 73.5 cm³/mol. The molecule has 0 atom stereocenters. The number of aromatic amines is 1. The zero-order valence-electron chi connectivity index (χ0n) is 10.3. The van der Waals surface area contributed by atoms with Gasteiger partial charge in [-0.15, -0.1) is 10.2 Å². The van der Waals surface area contributed by atoms with Crippen LogP contribution in [0, 0.1) is 0 Å². The van der Waals surface area contributed by atoms with Crippen LogP contribution in [0.1, 0.15) is 0 Å². The molecule has 3 rings (SSSR count). The van der Waals surface area contributed by atoms with Crippen LogP contribution in [0.4, 0.5) is 5.95 Å². The van der Waals surface area contributed by atoms with Crippen molar-refractivity contribution >= 4 is 5.95 Å². The van der Waals surface area contributed by atoms with Gasteiger partial charge >= 0.3 is 0 Å². The lowest BCUT2D eigenvalue weighted by Gasteiger charge is -2.06. The summed E-state index contributed by atoms with van der Waals surface area (Å²) in [5.41, 5.74) is 7.67. The standard InChI is InChI=1S/C13H10N6O/c14-13-17-11(8-4-2-1-3-5-8)12(18-19-13)9-6-16-10(20)7-15-9/h1-7H,(H,16,20)(H2,14,17,19). The summed E-state index contributed by atoms with van der Waals surface area (Å²) in [7, 11) is 0. The number of nitrogens with one attached hydrogen (secondary N) is 1. The van der Waals surface area contributed by atoms with E-state index in [1.807, 2.05) is 30.3 Å². The van der Waals surface area contributed by atoms with Gasteiger partial charge in [0.25, 0.3) is 5.56 Å². The first-order valence-corrected chi connectivity index (χ1v) is 5.85. The molecule has 0 aliphatic rings. The predicted octanol–water partition coefficient (Wildman–Crippen LogP) is 0.871. The van der Waals surface area contributed by atoms with Crippen LogP contribution < -0.4 is 11.3 Å². The van der Waals surface area contributed by atoms with Crippen molar-refractivity contribution in [3.05, 3.63) is 53.1 Å². The Morgan fingerprint density at radius 1 is 1.05 bits per heavy atom. The van der Waals surface area contributed by atoms with E-state index in [1.165, 1.54) is 12.4 Å². The molecule has 0 saturated carbocycles. The second-order valence-electron chi connectivity index (χ2n) is 4.03. The van der Waals surface area contributed by atoms with Gasteiger partial charge in [0.05, 0.1) is 6.20 Å². The van der Waals surface area contributed by atoms with Crippen molar-refractivity contribution in [2.45, 2.75) is 0 Å². The number of benzene rings is 1. The van der Waals surface area contributed by atoms with E-state index in [4.69, 9.17) is 5.73 Å². The molecule has 0 radical (unpaired) electrons. The van der Waals surface area contributed by atoms with Gasteiger partial charge in [0.1, 0.15) is 17.1 Å². The molecular weight excluding hydrogens is 256 g/mol. The van der Waals surface area contributed by atoms with Gasteiger partial charge in [0, 0.05) is 11.8 Å². The van der Waals surface area contributed by atoms with E-state index in [-0.39, 0.29) is 11.5 Å². The summed E-state index contributed by atoms with van der Waals surface area (Å²) in [6, 6.07) is 9.45. The van der Waals surface area contributed by atoms with Gasteiger partial charge in [-0.3, -0.25) is 4.79 Å². The van der Waals surface area contributed by atoms with Crippen LogP contribution >= 0.6 is 0 Å². The summed E-state index contributed by atoms with van der Waals surface area (Å²) in [5, 5.41) is 7.78. The van der Waals surface area contributed by atoms with E-state index in [0.717, 1.165) is 5.56 Å². The highest BCUT2D eigenvalue weighted by Gasteiger charge is 2.13. The van der Waals surface area contributed by atoms with Gasteiger partial charge in [-0.2, -0.15) is 0 Å². The van der Waals surface area contributed by atoms with Crippen LogP contribution in [-0.4, -0.2) is 25.1 Å². The first kappa shape index (κ1) is 12.0. The Morgan fingerprint density at radius 2 is 1.85 bits per heavy atom. The topological polar surface area (TPSA) is 110 Å². The molecule has 0 fully saturated rings. The Balaban J connectivity index is 2.21. The molecular formula is C13H10N6O. The number of rotatable bonds is 2. The Labute approximate surface area is 113 Å². The number of nitrogens with two attached hydrogens (primary N) is 1. The Bertz CT molecular complexity index is 779. The Hall–Kier alpha value is -3.09. The summed E-state index contributed by atoms with van der Waals surface area (Å²) in [5.74, 6) is 0.0806. The molecule has 98 valence electrons. The molecule has 7 nitrogen and oxygen atoms in total. The molecule has 7 heteroatoms. The van der Waals surface area contributed by atoms with E-state index in [1.54, 1.807) is 0 Å². The highest BCUT2D eigenvalue weighted by atomic mass is 16.1. The number of H-pyrrole nitrogens is 1. The van der Waals surface area contributed by atoms with Crippen LogP contribution in [0.2, 0.25) is 0 Å². The zero-order chi connectivity index (χ0) is 13.9. The van der Waals surface area contributed by atoms with Crippen molar-refractivity contribution in [2.24, 2.45) is 0 Å². The average molecular weight is 266 g/mol. The van der Waals surface area contributed by atoms with Crippen molar-refractivity contribution in [3.8, 4) is 22.6 Å². The molecule has 2 aromatic heterocycles. The van der Waals surface area contributed by atoms with Gasteiger partial charge in [-0.25, -0.2) is 9.97 Å². The number of nitrogen functional groups attached to an aromatic ring is 1. The minimum Gasteiger partial charge on any atom is -0.366 e. The fourth-order valence-electron chi connectivity index (χ4n) is 1.78. The van der Waals surface area contributed by atoms with Crippen molar-refractivity contribution in [2.75, 3.05) is 5.73 Å². The Morgan fingerprint density at radius 3 is 2.55 bits per heavy atom. The molecule has 0 spiro atoms. The molecule has 0 saturated heterocycles. The third kappa shape index (κ3) is 2.24. The van der Waals surface area contributed by atoms with E-state index >= 15 is 0 Å². The maximum atomic E-state index is 11.1. The van der Waals surface area contributed by atoms with Crippen molar-refractivity contribution in [1.82, 2.24) is 25.1 Å². The highest BCUT2D eigenvalue weighted by molar-refractivity contribution is 5.75. The molecule has 2 heterocycles. The summed E-state index contributed by atoms with van der Waals surface area (Å²) in [6.07, 6.45) is 2.65. The van der Waals surface area contributed by atoms with Crippen molar-refractivity contribution in [3.63, 3.8) is 0 Å². The molecule has 0 bridgehead atoms. The van der Waals surface area contributed by atoms with Crippen LogP contribution in [0.5, 0.6) is 0 Å². The minimum absolute atomic E-state index is 0.0806. The quantitative estimate of drug-likeness (QED) is 0.712. The first-order valence-electron chi connectivity index (χ1n) is 5.85. The molecule has 3 N–H and O–H groups in total. The fraction of sp³-hybridized carbons (Fsp3) is 0. The van der Waals surface area contributed by atoms with Crippen molar-refractivity contribution < 1.29 is 0 Å². The van der Waals surface area contributed by atoms with Crippen LogP contribution in [-0.2, 0) is 0 Å². The van der Waals surface area contributed by atoms with Crippen LogP contribution in [0.15, 0.2) is 47.5 Å². The van der Waals surface area contributed by atoms with Crippen molar-refractivity contribution in [1.29, 1.82) is 0 Å². The minimum atomic E-state index is -0.286.